The Hall–Kier alpha value is -1.14. The van der Waals surface area contributed by atoms with Crippen LogP contribution in [0.4, 0.5) is 11.9 Å². The lowest BCUT2D eigenvalue weighted by Crippen LogP contribution is -2.38. The number of anilines is 2. The number of hydrogen-bond donors (Lipinski definition) is 0. The van der Waals surface area contributed by atoms with Gasteiger partial charge in [0.15, 0.2) is 0 Å². The summed E-state index contributed by atoms with van der Waals surface area (Å²) in [7, 11) is 1.97. The molecule has 2 rings (SSSR count). The molecule has 1 aliphatic rings. The molecule has 19 heavy (non-hydrogen) atoms. The Morgan fingerprint density at radius 2 is 1.95 bits per heavy atom. The molecule has 0 unspecified atom stereocenters. The molecule has 0 spiro atoms. The van der Waals surface area contributed by atoms with Crippen LogP contribution in [0.2, 0.25) is 5.28 Å². The summed E-state index contributed by atoms with van der Waals surface area (Å²) in [6.45, 7) is 8.15. The molecule has 0 aliphatic carbocycles. The van der Waals surface area contributed by atoms with E-state index in [1.807, 2.05) is 11.9 Å². The molecule has 0 saturated carbocycles. The van der Waals surface area contributed by atoms with E-state index in [0.717, 1.165) is 19.6 Å². The SMILES string of the molecule is CC(C)CN(C)c1nc(Cl)nc(N2CCOCC2)n1. The lowest BCUT2D eigenvalue weighted by atomic mass is 10.2. The third-order valence-electron chi connectivity index (χ3n) is 2.86. The minimum absolute atomic E-state index is 0.238. The number of hydrogen-bond acceptors (Lipinski definition) is 6. The molecule has 0 radical (unpaired) electrons. The molecule has 1 aromatic heterocycles. The van der Waals surface area contributed by atoms with Crippen molar-refractivity contribution in [2.24, 2.45) is 5.92 Å². The van der Waals surface area contributed by atoms with E-state index < -0.39 is 0 Å². The first-order valence-electron chi connectivity index (χ1n) is 6.51. The molecule has 106 valence electrons. The standard InChI is InChI=1S/C12H20ClN5O/c1-9(2)8-17(3)11-14-10(13)15-12(16-11)18-4-6-19-7-5-18/h9H,4-8H2,1-3H3. The number of aromatic nitrogens is 3. The summed E-state index contributed by atoms with van der Waals surface area (Å²) in [4.78, 5) is 17.0. The minimum atomic E-state index is 0.238. The fourth-order valence-electron chi connectivity index (χ4n) is 2.03. The molecule has 0 aromatic carbocycles. The summed E-state index contributed by atoms with van der Waals surface area (Å²) < 4.78 is 5.33. The Morgan fingerprint density at radius 1 is 1.26 bits per heavy atom. The van der Waals surface area contributed by atoms with Gasteiger partial charge in [0.25, 0.3) is 0 Å². The van der Waals surface area contributed by atoms with Gasteiger partial charge >= 0.3 is 0 Å². The van der Waals surface area contributed by atoms with Gasteiger partial charge in [-0.3, -0.25) is 0 Å². The average molecular weight is 286 g/mol. The molecule has 1 aromatic rings. The number of halogens is 1. The molecule has 0 N–H and O–H groups in total. The van der Waals surface area contributed by atoms with Gasteiger partial charge in [-0.2, -0.15) is 15.0 Å². The second-order valence-corrected chi connectivity index (χ2v) is 5.42. The Bertz CT molecular complexity index is 423. The van der Waals surface area contributed by atoms with E-state index >= 15 is 0 Å². The third-order valence-corrected chi connectivity index (χ3v) is 3.03. The maximum Gasteiger partial charge on any atom is 0.231 e. The first-order chi connectivity index (χ1) is 9.06. The van der Waals surface area contributed by atoms with E-state index in [-0.39, 0.29) is 5.28 Å². The zero-order chi connectivity index (χ0) is 13.8. The molecule has 2 heterocycles. The molecule has 0 amide bonds. The van der Waals surface area contributed by atoms with Crippen molar-refractivity contribution in [3.05, 3.63) is 5.28 Å². The summed E-state index contributed by atoms with van der Waals surface area (Å²) >= 11 is 6.00. The Balaban J connectivity index is 2.18. The van der Waals surface area contributed by atoms with E-state index in [1.165, 1.54) is 0 Å². The molecular weight excluding hydrogens is 266 g/mol. The van der Waals surface area contributed by atoms with Crippen molar-refractivity contribution in [2.45, 2.75) is 13.8 Å². The topological polar surface area (TPSA) is 54.4 Å². The summed E-state index contributed by atoms with van der Waals surface area (Å²) in [5.74, 6) is 1.79. The summed E-state index contributed by atoms with van der Waals surface area (Å²) in [5, 5.41) is 0.238. The van der Waals surface area contributed by atoms with Crippen LogP contribution in [-0.4, -0.2) is 54.8 Å². The van der Waals surface area contributed by atoms with Gasteiger partial charge in [0.1, 0.15) is 0 Å². The quantitative estimate of drug-likeness (QED) is 0.835. The summed E-state index contributed by atoms with van der Waals surface area (Å²) in [6.07, 6.45) is 0. The van der Waals surface area contributed by atoms with E-state index in [4.69, 9.17) is 16.3 Å². The van der Waals surface area contributed by atoms with E-state index in [1.54, 1.807) is 0 Å². The molecule has 0 atom stereocenters. The van der Waals surface area contributed by atoms with Gasteiger partial charge in [0, 0.05) is 26.7 Å². The van der Waals surface area contributed by atoms with Crippen molar-refractivity contribution in [1.29, 1.82) is 0 Å². The van der Waals surface area contributed by atoms with E-state index in [2.05, 4.69) is 33.7 Å². The lowest BCUT2D eigenvalue weighted by molar-refractivity contribution is 0.122. The molecular formula is C12H20ClN5O. The van der Waals surface area contributed by atoms with Crippen molar-refractivity contribution in [3.8, 4) is 0 Å². The van der Waals surface area contributed by atoms with Crippen LogP contribution in [-0.2, 0) is 4.74 Å². The summed E-state index contributed by atoms with van der Waals surface area (Å²) in [5.41, 5.74) is 0. The van der Waals surface area contributed by atoms with Crippen LogP contribution in [0.1, 0.15) is 13.8 Å². The molecule has 1 fully saturated rings. The Labute approximate surface area is 118 Å². The molecule has 1 saturated heterocycles. The maximum atomic E-state index is 6.00. The van der Waals surface area contributed by atoms with Gasteiger partial charge in [-0.15, -0.1) is 0 Å². The predicted octanol–water partition coefficient (Wildman–Crippen LogP) is 1.45. The maximum absolute atomic E-state index is 6.00. The Kier molecular flexibility index (Phi) is 4.76. The highest BCUT2D eigenvalue weighted by Gasteiger charge is 2.17. The van der Waals surface area contributed by atoms with Gasteiger partial charge in [-0.1, -0.05) is 13.8 Å². The molecule has 1 aliphatic heterocycles. The van der Waals surface area contributed by atoms with Crippen LogP contribution in [0.25, 0.3) is 0 Å². The lowest BCUT2D eigenvalue weighted by Gasteiger charge is -2.27. The number of ether oxygens (including phenoxy) is 1. The van der Waals surface area contributed by atoms with Gasteiger partial charge < -0.3 is 14.5 Å². The van der Waals surface area contributed by atoms with Gasteiger partial charge in [0.2, 0.25) is 17.2 Å². The van der Waals surface area contributed by atoms with Crippen LogP contribution in [0.5, 0.6) is 0 Å². The van der Waals surface area contributed by atoms with E-state index in [9.17, 15) is 0 Å². The Morgan fingerprint density at radius 3 is 2.58 bits per heavy atom. The van der Waals surface area contributed by atoms with Crippen LogP contribution < -0.4 is 9.80 Å². The second-order valence-electron chi connectivity index (χ2n) is 5.08. The normalized spacial score (nSPS) is 15.9. The molecule has 7 heteroatoms. The van der Waals surface area contributed by atoms with Crippen molar-refractivity contribution in [2.75, 3.05) is 49.7 Å². The highest BCUT2D eigenvalue weighted by Crippen LogP contribution is 2.17. The van der Waals surface area contributed by atoms with Gasteiger partial charge in [0.05, 0.1) is 13.2 Å². The largest absolute Gasteiger partial charge is 0.378 e. The van der Waals surface area contributed by atoms with Crippen molar-refractivity contribution < 1.29 is 4.74 Å². The molecule has 6 nitrogen and oxygen atoms in total. The number of rotatable bonds is 4. The average Bonchev–Trinajstić information content (AvgIpc) is 2.38. The number of nitrogens with zero attached hydrogens (tertiary/aromatic N) is 5. The second kappa shape index (κ2) is 6.34. The fraction of sp³-hybridized carbons (Fsp3) is 0.750. The van der Waals surface area contributed by atoms with Crippen molar-refractivity contribution in [1.82, 2.24) is 15.0 Å². The highest BCUT2D eigenvalue weighted by atomic mass is 35.5. The fourth-order valence-corrected chi connectivity index (χ4v) is 2.19. The summed E-state index contributed by atoms with van der Waals surface area (Å²) in [6, 6.07) is 0. The monoisotopic (exact) mass is 285 g/mol. The third kappa shape index (κ3) is 3.91. The van der Waals surface area contributed by atoms with Crippen LogP contribution in [0, 0.1) is 5.92 Å². The molecule has 0 bridgehead atoms. The van der Waals surface area contributed by atoms with Crippen molar-refractivity contribution in [3.63, 3.8) is 0 Å². The van der Waals surface area contributed by atoms with Crippen molar-refractivity contribution >= 4 is 23.5 Å². The first-order valence-corrected chi connectivity index (χ1v) is 6.89. The van der Waals surface area contributed by atoms with E-state index in [0.29, 0.717) is 31.0 Å². The smallest absolute Gasteiger partial charge is 0.231 e. The van der Waals surface area contributed by atoms with Crippen LogP contribution >= 0.6 is 11.6 Å². The van der Waals surface area contributed by atoms with Crippen LogP contribution in [0.15, 0.2) is 0 Å². The predicted molar refractivity (Wildman–Crippen MR) is 76.0 cm³/mol. The van der Waals surface area contributed by atoms with Gasteiger partial charge in [-0.25, -0.2) is 0 Å². The highest BCUT2D eigenvalue weighted by molar-refractivity contribution is 6.28. The van der Waals surface area contributed by atoms with Gasteiger partial charge in [-0.05, 0) is 17.5 Å². The first kappa shape index (κ1) is 14.3. The zero-order valence-corrected chi connectivity index (χ0v) is 12.4. The zero-order valence-electron chi connectivity index (χ0n) is 11.6. The minimum Gasteiger partial charge on any atom is -0.378 e. The number of morpholine rings is 1. The van der Waals surface area contributed by atoms with Crippen LogP contribution in [0.3, 0.4) is 0 Å².